The summed E-state index contributed by atoms with van der Waals surface area (Å²) >= 11 is 0. The van der Waals surface area contributed by atoms with E-state index in [2.05, 4.69) is 34.9 Å². The highest BCUT2D eigenvalue weighted by Gasteiger charge is 2.20. The first kappa shape index (κ1) is 16.7. The van der Waals surface area contributed by atoms with Crippen LogP contribution in [0.2, 0.25) is 0 Å². The second-order valence-corrected chi connectivity index (χ2v) is 6.12. The van der Waals surface area contributed by atoms with Gasteiger partial charge in [-0.25, -0.2) is 0 Å². The number of ether oxygens (including phenoxy) is 1. The monoisotopic (exact) mass is 324 g/mol. The average Bonchev–Trinajstić information content (AvgIpc) is 2.63. The molecule has 0 radical (unpaired) electrons. The van der Waals surface area contributed by atoms with Crippen molar-refractivity contribution in [2.24, 2.45) is 0 Å². The van der Waals surface area contributed by atoms with Gasteiger partial charge in [0.1, 0.15) is 0 Å². The third kappa shape index (κ3) is 4.91. The summed E-state index contributed by atoms with van der Waals surface area (Å²) < 4.78 is 5.63. The zero-order valence-electron chi connectivity index (χ0n) is 13.8. The van der Waals surface area contributed by atoms with Gasteiger partial charge in [0.05, 0.1) is 25.2 Å². The van der Waals surface area contributed by atoms with Crippen molar-refractivity contribution in [1.29, 1.82) is 0 Å². The maximum Gasteiger partial charge on any atom is 0.223 e. The summed E-state index contributed by atoms with van der Waals surface area (Å²) in [6, 6.07) is 20.4. The SMILES string of the molecule is O=C(CC1CNCCO1)NC(Cc1ccccc1)c1ccccc1. The Balaban J connectivity index is 1.66. The average molecular weight is 324 g/mol. The number of hydrogen-bond donors (Lipinski definition) is 2. The van der Waals surface area contributed by atoms with Crippen LogP contribution in [0.3, 0.4) is 0 Å². The normalized spacial score (nSPS) is 18.8. The molecule has 24 heavy (non-hydrogen) atoms. The molecule has 4 nitrogen and oxygen atoms in total. The quantitative estimate of drug-likeness (QED) is 0.858. The van der Waals surface area contributed by atoms with E-state index >= 15 is 0 Å². The zero-order valence-corrected chi connectivity index (χ0v) is 13.8. The summed E-state index contributed by atoms with van der Waals surface area (Å²) in [5.74, 6) is 0.0356. The van der Waals surface area contributed by atoms with Gasteiger partial charge < -0.3 is 15.4 Å². The molecule has 1 aliphatic heterocycles. The third-order valence-corrected chi connectivity index (χ3v) is 4.24. The van der Waals surface area contributed by atoms with Crippen LogP contribution in [0.1, 0.15) is 23.6 Å². The molecule has 0 bridgehead atoms. The third-order valence-electron chi connectivity index (χ3n) is 4.24. The summed E-state index contributed by atoms with van der Waals surface area (Å²) in [5, 5.41) is 6.44. The Morgan fingerprint density at radius 3 is 2.50 bits per heavy atom. The molecule has 3 rings (SSSR count). The smallest absolute Gasteiger partial charge is 0.223 e. The maximum atomic E-state index is 12.5. The highest BCUT2D eigenvalue weighted by Crippen LogP contribution is 2.19. The summed E-state index contributed by atoms with van der Waals surface area (Å²) in [4.78, 5) is 12.5. The topological polar surface area (TPSA) is 50.4 Å². The van der Waals surface area contributed by atoms with Crippen LogP contribution in [-0.4, -0.2) is 31.7 Å². The summed E-state index contributed by atoms with van der Waals surface area (Å²) in [6.45, 7) is 2.27. The number of carbonyl (C=O) groups is 1. The Kier molecular flexibility index (Phi) is 5.99. The highest BCUT2D eigenvalue weighted by molar-refractivity contribution is 5.77. The molecular weight excluding hydrogens is 300 g/mol. The van der Waals surface area contributed by atoms with Gasteiger partial charge in [-0.1, -0.05) is 60.7 Å². The molecule has 1 heterocycles. The number of hydrogen-bond acceptors (Lipinski definition) is 3. The highest BCUT2D eigenvalue weighted by atomic mass is 16.5. The Morgan fingerprint density at radius 2 is 1.83 bits per heavy atom. The van der Waals surface area contributed by atoms with E-state index in [1.807, 2.05) is 36.4 Å². The molecule has 1 amide bonds. The van der Waals surface area contributed by atoms with Crippen molar-refractivity contribution in [1.82, 2.24) is 10.6 Å². The van der Waals surface area contributed by atoms with Crippen molar-refractivity contribution >= 4 is 5.91 Å². The van der Waals surface area contributed by atoms with Crippen LogP contribution in [0.4, 0.5) is 0 Å². The Labute approximate surface area is 143 Å². The lowest BCUT2D eigenvalue weighted by atomic mass is 9.98. The van der Waals surface area contributed by atoms with Crippen LogP contribution in [-0.2, 0) is 16.0 Å². The minimum atomic E-state index is -0.0353. The van der Waals surface area contributed by atoms with Crippen LogP contribution in [0, 0.1) is 0 Å². The number of nitrogens with one attached hydrogen (secondary N) is 2. The zero-order chi connectivity index (χ0) is 16.6. The minimum absolute atomic E-state index is 0.0300. The van der Waals surface area contributed by atoms with E-state index in [9.17, 15) is 4.79 Å². The predicted octanol–water partition coefficient (Wildman–Crippen LogP) is 2.47. The first-order valence-electron chi connectivity index (χ1n) is 8.52. The van der Waals surface area contributed by atoms with Gasteiger partial charge >= 0.3 is 0 Å². The molecule has 2 aromatic rings. The number of amides is 1. The van der Waals surface area contributed by atoms with Crippen LogP contribution in [0.25, 0.3) is 0 Å². The number of rotatable bonds is 6. The summed E-state index contributed by atoms with van der Waals surface area (Å²) in [7, 11) is 0. The van der Waals surface area contributed by atoms with Gasteiger partial charge in [0, 0.05) is 13.1 Å². The lowest BCUT2D eigenvalue weighted by molar-refractivity contribution is -0.125. The first-order valence-corrected chi connectivity index (χ1v) is 8.52. The van der Waals surface area contributed by atoms with E-state index < -0.39 is 0 Å². The largest absolute Gasteiger partial charge is 0.375 e. The van der Waals surface area contributed by atoms with E-state index in [0.717, 1.165) is 25.1 Å². The lowest BCUT2D eigenvalue weighted by Gasteiger charge is -2.25. The van der Waals surface area contributed by atoms with Gasteiger partial charge in [-0.15, -0.1) is 0 Å². The van der Waals surface area contributed by atoms with Gasteiger partial charge in [-0.2, -0.15) is 0 Å². The van der Waals surface area contributed by atoms with Crippen molar-refractivity contribution in [3.8, 4) is 0 Å². The van der Waals surface area contributed by atoms with E-state index in [-0.39, 0.29) is 18.1 Å². The first-order chi connectivity index (χ1) is 11.8. The van der Waals surface area contributed by atoms with Crippen LogP contribution >= 0.6 is 0 Å². The molecule has 2 unspecified atom stereocenters. The molecule has 1 aliphatic rings. The van der Waals surface area contributed by atoms with E-state index in [1.54, 1.807) is 0 Å². The van der Waals surface area contributed by atoms with Gasteiger partial charge in [-0.3, -0.25) is 4.79 Å². The maximum absolute atomic E-state index is 12.5. The standard InChI is InChI=1S/C20H24N2O2/c23-20(14-18-15-21-11-12-24-18)22-19(17-9-5-2-6-10-17)13-16-7-3-1-4-8-16/h1-10,18-19,21H,11-15H2,(H,22,23). The molecule has 2 atom stereocenters. The minimum Gasteiger partial charge on any atom is -0.375 e. The van der Waals surface area contributed by atoms with Crippen LogP contribution in [0.15, 0.2) is 60.7 Å². The fraction of sp³-hybridized carbons (Fsp3) is 0.350. The van der Waals surface area contributed by atoms with Crippen molar-refractivity contribution in [2.75, 3.05) is 19.7 Å². The lowest BCUT2D eigenvalue weighted by Crippen LogP contribution is -2.42. The number of benzene rings is 2. The predicted molar refractivity (Wildman–Crippen MR) is 94.7 cm³/mol. The molecule has 0 aliphatic carbocycles. The molecule has 4 heteroatoms. The van der Waals surface area contributed by atoms with E-state index in [0.29, 0.717) is 13.0 Å². The summed E-state index contributed by atoms with van der Waals surface area (Å²) in [6.07, 6.45) is 1.14. The van der Waals surface area contributed by atoms with Crippen molar-refractivity contribution < 1.29 is 9.53 Å². The molecule has 126 valence electrons. The molecule has 0 saturated carbocycles. The fourth-order valence-corrected chi connectivity index (χ4v) is 3.00. The second-order valence-electron chi connectivity index (χ2n) is 6.12. The number of carbonyl (C=O) groups excluding carboxylic acids is 1. The van der Waals surface area contributed by atoms with Gasteiger partial charge in [0.2, 0.25) is 5.91 Å². The van der Waals surface area contributed by atoms with Gasteiger partial charge in [0.25, 0.3) is 0 Å². The molecule has 2 aromatic carbocycles. The Morgan fingerprint density at radius 1 is 1.12 bits per heavy atom. The Hall–Kier alpha value is -2.17. The Bertz CT molecular complexity index is 625. The molecule has 1 fully saturated rings. The molecular formula is C20H24N2O2. The fourth-order valence-electron chi connectivity index (χ4n) is 3.00. The summed E-state index contributed by atoms with van der Waals surface area (Å²) in [5.41, 5.74) is 2.33. The van der Waals surface area contributed by atoms with Crippen molar-refractivity contribution in [2.45, 2.75) is 25.0 Å². The van der Waals surface area contributed by atoms with Crippen molar-refractivity contribution in [3.05, 3.63) is 71.8 Å². The molecule has 0 spiro atoms. The van der Waals surface area contributed by atoms with E-state index in [1.165, 1.54) is 5.56 Å². The van der Waals surface area contributed by atoms with Crippen LogP contribution in [0.5, 0.6) is 0 Å². The molecule has 1 saturated heterocycles. The van der Waals surface area contributed by atoms with E-state index in [4.69, 9.17) is 4.74 Å². The number of morpholine rings is 1. The molecule has 2 N–H and O–H groups in total. The van der Waals surface area contributed by atoms with Crippen LogP contribution < -0.4 is 10.6 Å². The van der Waals surface area contributed by atoms with Gasteiger partial charge in [0.15, 0.2) is 0 Å². The van der Waals surface area contributed by atoms with Gasteiger partial charge in [-0.05, 0) is 17.5 Å². The molecule has 0 aromatic heterocycles. The second kappa shape index (κ2) is 8.62. The van der Waals surface area contributed by atoms with Crippen molar-refractivity contribution in [3.63, 3.8) is 0 Å².